The van der Waals surface area contributed by atoms with Gasteiger partial charge in [0.15, 0.2) is 11.5 Å². The Bertz CT molecular complexity index is 682. The van der Waals surface area contributed by atoms with Crippen LogP contribution in [0.4, 0.5) is 5.69 Å². The van der Waals surface area contributed by atoms with Gasteiger partial charge in [-0.2, -0.15) is 0 Å². The first kappa shape index (κ1) is 15.6. The molecule has 0 bridgehead atoms. The van der Waals surface area contributed by atoms with E-state index in [4.69, 9.17) is 9.47 Å². The number of methoxy groups -OCH3 is 2. The number of aryl methyl sites for hydroxylation is 1. The number of pyridine rings is 1. The van der Waals surface area contributed by atoms with Crippen LogP contribution in [0.1, 0.15) is 11.1 Å². The molecule has 0 fully saturated rings. The lowest BCUT2D eigenvalue weighted by molar-refractivity contribution is -0.111. The Kier molecular flexibility index (Phi) is 5.14. The molecule has 1 heterocycles. The van der Waals surface area contributed by atoms with Crippen molar-refractivity contribution in [1.29, 1.82) is 0 Å². The molecule has 0 saturated heterocycles. The molecule has 0 saturated carbocycles. The number of amides is 1. The second-order valence-corrected chi connectivity index (χ2v) is 4.63. The predicted molar refractivity (Wildman–Crippen MR) is 86.2 cm³/mol. The molecular formula is C17H18N2O3. The molecule has 5 nitrogen and oxygen atoms in total. The van der Waals surface area contributed by atoms with E-state index in [0.29, 0.717) is 17.2 Å². The molecule has 0 atom stereocenters. The molecule has 0 radical (unpaired) electrons. The van der Waals surface area contributed by atoms with Gasteiger partial charge in [0, 0.05) is 30.2 Å². The largest absolute Gasteiger partial charge is 0.493 e. The van der Waals surface area contributed by atoms with Gasteiger partial charge in [0.25, 0.3) is 0 Å². The molecule has 0 spiro atoms. The summed E-state index contributed by atoms with van der Waals surface area (Å²) < 4.78 is 10.5. The van der Waals surface area contributed by atoms with E-state index in [1.54, 1.807) is 38.8 Å². The van der Waals surface area contributed by atoms with Gasteiger partial charge in [-0.15, -0.1) is 0 Å². The molecule has 1 aromatic heterocycles. The minimum atomic E-state index is -0.216. The van der Waals surface area contributed by atoms with Crippen molar-refractivity contribution in [3.8, 4) is 11.5 Å². The van der Waals surface area contributed by atoms with Gasteiger partial charge < -0.3 is 14.8 Å². The normalized spacial score (nSPS) is 10.5. The summed E-state index contributed by atoms with van der Waals surface area (Å²) in [6.45, 7) is 1.89. The first-order valence-corrected chi connectivity index (χ1v) is 6.75. The maximum atomic E-state index is 12.0. The summed E-state index contributed by atoms with van der Waals surface area (Å²) in [7, 11) is 3.13. The van der Waals surface area contributed by atoms with Gasteiger partial charge in [-0.3, -0.25) is 9.78 Å². The minimum Gasteiger partial charge on any atom is -0.493 e. The molecule has 0 aliphatic heterocycles. The highest BCUT2D eigenvalue weighted by atomic mass is 16.5. The maximum absolute atomic E-state index is 12.0. The van der Waals surface area contributed by atoms with E-state index in [1.165, 1.54) is 6.08 Å². The third-order valence-corrected chi connectivity index (χ3v) is 3.12. The van der Waals surface area contributed by atoms with Crippen molar-refractivity contribution >= 4 is 17.7 Å². The van der Waals surface area contributed by atoms with Crippen molar-refractivity contribution in [3.05, 3.63) is 53.9 Å². The first-order chi connectivity index (χ1) is 10.6. The number of rotatable bonds is 5. The second kappa shape index (κ2) is 7.26. The number of ether oxygens (including phenoxy) is 2. The lowest BCUT2D eigenvalue weighted by atomic mass is 10.1. The lowest BCUT2D eigenvalue weighted by Crippen LogP contribution is -2.09. The number of aromatic nitrogens is 1. The number of benzene rings is 1. The fourth-order valence-corrected chi connectivity index (χ4v) is 1.94. The molecular weight excluding hydrogens is 280 g/mol. The van der Waals surface area contributed by atoms with Crippen LogP contribution in [0.25, 0.3) is 6.08 Å². The smallest absolute Gasteiger partial charge is 0.248 e. The minimum absolute atomic E-state index is 0.216. The van der Waals surface area contributed by atoms with Gasteiger partial charge in [0.2, 0.25) is 5.91 Å². The van der Waals surface area contributed by atoms with Crippen LogP contribution in [0, 0.1) is 6.92 Å². The number of hydrogen-bond acceptors (Lipinski definition) is 4. The molecule has 0 aliphatic carbocycles. The first-order valence-electron chi connectivity index (χ1n) is 6.75. The Labute approximate surface area is 129 Å². The van der Waals surface area contributed by atoms with E-state index in [0.717, 1.165) is 11.1 Å². The molecule has 1 amide bonds. The SMILES string of the molecule is COc1cc(C)c(NC(=O)/C=C/c2ccncc2)cc1OC. The van der Waals surface area contributed by atoms with Crippen LogP contribution in [0.2, 0.25) is 0 Å². The molecule has 1 N–H and O–H groups in total. The highest BCUT2D eigenvalue weighted by Crippen LogP contribution is 2.32. The van der Waals surface area contributed by atoms with Gasteiger partial charge in [-0.1, -0.05) is 0 Å². The molecule has 2 rings (SSSR count). The molecule has 0 aliphatic rings. The third-order valence-electron chi connectivity index (χ3n) is 3.12. The summed E-state index contributed by atoms with van der Waals surface area (Å²) >= 11 is 0. The van der Waals surface area contributed by atoms with E-state index < -0.39 is 0 Å². The predicted octanol–water partition coefficient (Wildman–Crippen LogP) is 3.06. The third kappa shape index (κ3) is 3.85. The van der Waals surface area contributed by atoms with Crippen molar-refractivity contribution in [3.63, 3.8) is 0 Å². The van der Waals surface area contributed by atoms with Crippen LogP contribution < -0.4 is 14.8 Å². The van der Waals surface area contributed by atoms with Crippen molar-refractivity contribution in [2.75, 3.05) is 19.5 Å². The fourth-order valence-electron chi connectivity index (χ4n) is 1.94. The quantitative estimate of drug-likeness (QED) is 0.862. The summed E-state index contributed by atoms with van der Waals surface area (Å²) in [5.74, 6) is 0.985. The zero-order valence-electron chi connectivity index (χ0n) is 12.8. The Balaban J connectivity index is 2.13. The van der Waals surface area contributed by atoms with E-state index in [1.807, 2.05) is 25.1 Å². The topological polar surface area (TPSA) is 60.5 Å². The summed E-state index contributed by atoms with van der Waals surface area (Å²) in [6.07, 6.45) is 6.56. The number of carbonyl (C=O) groups is 1. The van der Waals surface area contributed by atoms with E-state index in [9.17, 15) is 4.79 Å². The van der Waals surface area contributed by atoms with Crippen molar-refractivity contribution in [2.45, 2.75) is 6.92 Å². The summed E-state index contributed by atoms with van der Waals surface area (Å²) in [5.41, 5.74) is 2.49. The second-order valence-electron chi connectivity index (χ2n) is 4.63. The average molecular weight is 298 g/mol. The van der Waals surface area contributed by atoms with Gasteiger partial charge in [0.05, 0.1) is 14.2 Å². The Morgan fingerprint density at radius 3 is 2.41 bits per heavy atom. The highest BCUT2D eigenvalue weighted by molar-refractivity contribution is 6.02. The van der Waals surface area contributed by atoms with Crippen LogP contribution in [0.3, 0.4) is 0 Å². The molecule has 2 aromatic rings. The fraction of sp³-hybridized carbons (Fsp3) is 0.176. The van der Waals surface area contributed by atoms with Crippen molar-refractivity contribution < 1.29 is 14.3 Å². The van der Waals surface area contributed by atoms with Crippen LogP contribution in [0.15, 0.2) is 42.7 Å². The standard InChI is InChI=1S/C17H18N2O3/c1-12-10-15(21-2)16(22-3)11-14(12)19-17(20)5-4-13-6-8-18-9-7-13/h4-11H,1-3H3,(H,19,20)/b5-4+. The molecule has 1 aromatic carbocycles. The van der Waals surface area contributed by atoms with Crippen LogP contribution in [-0.2, 0) is 4.79 Å². The molecule has 114 valence electrons. The molecule has 5 heteroatoms. The van der Waals surface area contributed by atoms with Crippen molar-refractivity contribution in [2.24, 2.45) is 0 Å². The van der Waals surface area contributed by atoms with Gasteiger partial charge >= 0.3 is 0 Å². The molecule has 0 unspecified atom stereocenters. The van der Waals surface area contributed by atoms with E-state index >= 15 is 0 Å². The molecule has 22 heavy (non-hydrogen) atoms. The monoisotopic (exact) mass is 298 g/mol. The number of anilines is 1. The van der Waals surface area contributed by atoms with Crippen LogP contribution in [0.5, 0.6) is 11.5 Å². The van der Waals surface area contributed by atoms with E-state index in [2.05, 4.69) is 10.3 Å². The average Bonchev–Trinajstić information content (AvgIpc) is 2.55. The lowest BCUT2D eigenvalue weighted by Gasteiger charge is -2.12. The maximum Gasteiger partial charge on any atom is 0.248 e. The summed E-state index contributed by atoms with van der Waals surface area (Å²) in [5, 5.41) is 2.83. The van der Waals surface area contributed by atoms with E-state index in [-0.39, 0.29) is 5.91 Å². The Morgan fingerprint density at radius 1 is 1.14 bits per heavy atom. The zero-order chi connectivity index (χ0) is 15.9. The summed E-state index contributed by atoms with van der Waals surface area (Å²) in [6, 6.07) is 7.21. The van der Waals surface area contributed by atoms with Gasteiger partial charge in [0.1, 0.15) is 0 Å². The number of nitrogens with zero attached hydrogens (tertiary/aromatic N) is 1. The Hall–Kier alpha value is -2.82. The Morgan fingerprint density at radius 2 is 1.77 bits per heavy atom. The van der Waals surface area contributed by atoms with Gasteiger partial charge in [-0.05, 0) is 42.3 Å². The highest BCUT2D eigenvalue weighted by Gasteiger charge is 2.09. The van der Waals surface area contributed by atoms with Crippen LogP contribution in [-0.4, -0.2) is 25.1 Å². The number of carbonyl (C=O) groups excluding carboxylic acids is 1. The zero-order valence-corrected chi connectivity index (χ0v) is 12.8. The van der Waals surface area contributed by atoms with Crippen molar-refractivity contribution in [1.82, 2.24) is 4.98 Å². The van der Waals surface area contributed by atoms with Crippen LogP contribution >= 0.6 is 0 Å². The summed E-state index contributed by atoms with van der Waals surface area (Å²) in [4.78, 5) is 15.9. The number of nitrogens with one attached hydrogen (secondary N) is 1. The number of hydrogen-bond donors (Lipinski definition) is 1. The van der Waals surface area contributed by atoms with Gasteiger partial charge in [-0.25, -0.2) is 0 Å².